The zero-order valence-corrected chi connectivity index (χ0v) is 12.1. The number of nitrogens with one attached hydrogen (secondary N) is 1. The molecule has 9 heteroatoms. The van der Waals surface area contributed by atoms with Gasteiger partial charge in [0, 0.05) is 17.3 Å². The Kier molecular flexibility index (Phi) is 4.36. The van der Waals surface area contributed by atoms with Crippen LogP contribution in [0.2, 0.25) is 5.02 Å². The van der Waals surface area contributed by atoms with E-state index in [1.807, 2.05) is 5.43 Å². The summed E-state index contributed by atoms with van der Waals surface area (Å²) in [5.41, 5.74) is 1.98. The van der Waals surface area contributed by atoms with Crippen LogP contribution in [0.1, 0.15) is 0 Å². The molecular formula is C10H12ClN3O3S2. The maximum atomic E-state index is 12.4. The lowest BCUT2D eigenvalue weighted by Gasteiger charge is -2.21. The van der Waals surface area contributed by atoms with E-state index < -0.39 is 21.3 Å². The van der Waals surface area contributed by atoms with Crippen LogP contribution in [0, 0.1) is 0 Å². The Morgan fingerprint density at radius 1 is 1.42 bits per heavy atom. The van der Waals surface area contributed by atoms with E-state index in [0.717, 1.165) is 4.31 Å². The number of sulfonamides is 1. The summed E-state index contributed by atoms with van der Waals surface area (Å²) in [6, 6.07) is 5.82. The summed E-state index contributed by atoms with van der Waals surface area (Å²) in [4.78, 5) is 11.7. The maximum absolute atomic E-state index is 12.4. The van der Waals surface area contributed by atoms with E-state index in [1.165, 1.54) is 36.0 Å². The minimum atomic E-state index is -3.72. The zero-order chi connectivity index (χ0) is 14.0. The molecule has 1 atom stereocenters. The SMILES string of the molecule is NNC(=O)[C@@H]1SCCN1S(=O)(=O)c1ccc(Cl)cc1. The van der Waals surface area contributed by atoms with Crippen molar-refractivity contribution in [2.24, 2.45) is 5.84 Å². The third-order valence-corrected chi connectivity index (χ3v) is 6.10. The smallest absolute Gasteiger partial charge is 0.262 e. The number of thioether (sulfide) groups is 1. The summed E-state index contributed by atoms with van der Waals surface area (Å²) < 4.78 is 26.0. The molecule has 0 saturated carbocycles. The molecule has 0 aliphatic carbocycles. The molecule has 1 aliphatic heterocycles. The third kappa shape index (κ3) is 2.87. The van der Waals surface area contributed by atoms with Crippen molar-refractivity contribution in [1.82, 2.24) is 9.73 Å². The quantitative estimate of drug-likeness (QED) is 0.477. The van der Waals surface area contributed by atoms with E-state index in [1.54, 1.807) is 0 Å². The number of halogens is 1. The molecule has 1 amide bonds. The normalized spacial score (nSPS) is 20.4. The van der Waals surface area contributed by atoms with Crippen molar-refractivity contribution in [2.75, 3.05) is 12.3 Å². The van der Waals surface area contributed by atoms with Gasteiger partial charge in [-0.3, -0.25) is 10.2 Å². The van der Waals surface area contributed by atoms with Crippen molar-refractivity contribution in [3.63, 3.8) is 0 Å². The van der Waals surface area contributed by atoms with Gasteiger partial charge in [0.1, 0.15) is 0 Å². The number of hydrogen-bond acceptors (Lipinski definition) is 5. The standard InChI is InChI=1S/C10H12ClN3O3S2/c11-7-1-3-8(4-2-7)19(16,17)14-5-6-18-10(14)9(15)13-12/h1-4,10H,5-6,12H2,(H,13,15)/t10-/m0/s1. The molecule has 1 saturated heterocycles. The van der Waals surface area contributed by atoms with Gasteiger partial charge in [-0.15, -0.1) is 11.8 Å². The average Bonchev–Trinajstić information content (AvgIpc) is 2.88. The lowest BCUT2D eigenvalue weighted by atomic mass is 10.4. The first kappa shape index (κ1) is 14.6. The van der Waals surface area contributed by atoms with E-state index >= 15 is 0 Å². The van der Waals surface area contributed by atoms with Crippen molar-refractivity contribution < 1.29 is 13.2 Å². The number of hydrazine groups is 1. The number of benzene rings is 1. The summed E-state index contributed by atoms with van der Waals surface area (Å²) in [7, 11) is -3.72. The molecule has 19 heavy (non-hydrogen) atoms. The summed E-state index contributed by atoms with van der Waals surface area (Å²) in [6.45, 7) is 0.272. The average molecular weight is 322 g/mol. The summed E-state index contributed by atoms with van der Waals surface area (Å²) in [5, 5.41) is -0.378. The van der Waals surface area contributed by atoms with E-state index in [4.69, 9.17) is 17.4 Å². The molecule has 0 radical (unpaired) electrons. The van der Waals surface area contributed by atoms with Crippen molar-refractivity contribution in [3.8, 4) is 0 Å². The van der Waals surface area contributed by atoms with Crippen LogP contribution in [0.5, 0.6) is 0 Å². The van der Waals surface area contributed by atoms with E-state index in [-0.39, 0.29) is 11.4 Å². The van der Waals surface area contributed by atoms with Crippen LogP contribution in [0.3, 0.4) is 0 Å². The van der Waals surface area contributed by atoms with Crippen LogP contribution in [0.25, 0.3) is 0 Å². The Bertz CT molecular complexity index is 576. The van der Waals surface area contributed by atoms with Gasteiger partial charge in [-0.2, -0.15) is 4.31 Å². The molecule has 104 valence electrons. The van der Waals surface area contributed by atoms with Crippen LogP contribution < -0.4 is 11.3 Å². The topological polar surface area (TPSA) is 92.5 Å². The number of nitrogens with zero attached hydrogens (tertiary/aromatic N) is 1. The second-order valence-electron chi connectivity index (χ2n) is 3.80. The van der Waals surface area contributed by atoms with Crippen molar-refractivity contribution in [1.29, 1.82) is 0 Å². The summed E-state index contributed by atoms with van der Waals surface area (Å²) in [5.74, 6) is 5.08. The van der Waals surface area contributed by atoms with E-state index in [2.05, 4.69) is 0 Å². The summed E-state index contributed by atoms with van der Waals surface area (Å²) in [6.07, 6.45) is 0. The predicted octanol–water partition coefficient (Wildman–Crippen LogP) is 0.393. The maximum Gasteiger partial charge on any atom is 0.262 e. The van der Waals surface area contributed by atoms with Gasteiger partial charge >= 0.3 is 0 Å². The number of carbonyl (C=O) groups is 1. The Labute approximate surface area is 120 Å². The predicted molar refractivity (Wildman–Crippen MR) is 73.9 cm³/mol. The fourth-order valence-electron chi connectivity index (χ4n) is 1.72. The van der Waals surface area contributed by atoms with Crippen LogP contribution in [0.4, 0.5) is 0 Å². The minimum absolute atomic E-state index is 0.106. The molecule has 1 aromatic rings. The highest BCUT2D eigenvalue weighted by Gasteiger charge is 2.39. The van der Waals surface area contributed by atoms with Gasteiger partial charge in [0.05, 0.1) is 4.90 Å². The second kappa shape index (κ2) is 5.68. The van der Waals surface area contributed by atoms with Gasteiger partial charge in [-0.25, -0.2) is 14.3 Å². The molecule has 6 nitrogen and oxygen atoms in total. The van der Waals surface area contributed by atoms with Gasteiger partial charge < -0.3 is 0 Å². The Balaban J connectivity index is 2.33. The van der Waals surface area contributed by atoms with Gasteiger partial charge in [0.2, 0.25) is 10.0 Å². The molecule has 1 fully saturated rings. The van der Waals surface area contributed by atoms with Crippen molar-refractivity contribution in [3.05, 3.63) is 29.3 Å². The van der Waals surface area contributed by atoms with Gasteiger partial charge in [-0.1, -0.05) is 11.6 Å². The number of amides is 1. The first-order valence-electron chi connectivity index (χ1n) is 5.36. The van der Waals surface area contributed by atoms with Crippen LogP contribution >= 0.6 is 23.4 Å². The van der Waals surface area contributed by atoms with Crippen molar-refractivity contribution in [2.45, 2.75) is 10.3 Å². The Hall–Kier alpha value is -0.800. The molecule has 1 heterocycles. The highest BCUT2D eigenvalue weighted by atomic mass is 35.5. The molecule has 0 unspecified atom stereocenters. The lowest BCUT2D eigenvalue weighted by molar-refractivity contribution is -0.122. The van der Waals surface area contributed by atoms with Crippen LogP contribution in [0.15, 0.2) is 29.2 Å². The van der Waals surface area contributed by atoms with Crippen molar-refractivity contribution >= 4 is 39.3 Å². The molecule has 2 rings (SSSR count). The monoisotopic (exact) mass is 321 g/mol. The molecule has 1 aromatic carbocycles. The van der Waals surface area contributed by atoms with Gasteiger partial charge in [-0.05, 0) is 24.3 Å². The Morgan fingerprint density at radius 2 is 2.05 bits per heavy atom. The van der Waals surface area contributed by atoms with Gasteiger partial charge in [0.15, 0.2) is 5.37 Å². The van der Waals surface area contributed by atoms with Crippen LogP contribution in [-0.2, 0) is 14.8 Å². The molecule has 3 N–H and O–H groups in total. The number of hydrogen-bond donors (Lipinski definition) is 2. The summed E-state index contributed by atoms with van der Waals surface area (Å²) >= 11 is 6.97. The zero-order valence-electron chi connectivity index (χ0n) is 9.74. The number of carbonyl (C=O) groups excluding carboxylic acids is 1. The second-order valence-corrected chi connectivity index (χ2v) is 7.32. The Morgan fingerprint density at radius 3 is 2.63 bits per heavy atom. The number of nitrogens with two attached hydrogens (primary N) is 1. The van der Waals surface area contributed by atoms with Crippen LogP contribution in [-0.4, -0.2) is 36.3 Å². The van der Waals surface area contributed by atoms with E-state index in [0.29, 0.717) is 10.8 Å². The van der Waals surface area contributed by atoms with Gasteiger partial charge in [0.25, 0.3) is 5.91 Å². The highest BCUT2D eigenvalue weighted by molar-refractivity contribution is 8.02. The fraction of sp³-hybridized carbons (Fsp3) is 0.300. The first-order chi connectivity index (χ1) is 8.96. The molecule has 0 aromatic heterocycles. The molecule has 0 spiro atoms. The largest absolute Gasteiger partial charge is 0.292 e. The fourth-order valence-corrected chi connectivity index (χ4v) is 4.93. The van der Waals surface area contributed by atoms with E-state index in [9.17, 15) is 13.2 Å². The number of rotatable bonds is 3. The molecule has 0 bridgehead atoms. The molecule has 1 aliphatic rings. The minimum Gasteiger partial charge on any atom is -0.292 e. The third-order valence-electron chi connectivity index (χ3n) is 2.64. The first-order valence-corrected chi connectivity index (χ1v) is 8.23. The lowest BCUT2D eigenvalue weighted by Crippen LogP contribution is -2.46. The highest BCUT2D eigenvalue weighted by Crippen LogP contribution is 2.30. The molecular weight excluding hydrogens is 310 g/mol.